The van der Waals surface area contributed by atoms with Crippen LogP contribution in [0.2, 0.25) is 0 Å². The maximum Gasteiger partial charge on any atom is 0.00922 e. The van der Waals surface area contributed by atoms with E-state index in [4.69, 9.17) is 5.73 Å². The Labute approximate surface area is 156 Å². The van der Waals surface area contributed by atoms with Crippen molar-refractivity contribution in [3.63, 3.8) is 0 Å². The van der Waals surface area contributed by atoms with Crippen LogP contribution >= 0.6 is 0 Å². The van der Waals surface area contributed by atoms with E-state index in [-0.39, 0.29) is 0 Å². The molecule has 25 heavy (non-hydrogen) atoms. The summed E-state index contributed by atoms with van der Waals surface area (Å²) in [6.45, 7) is 7.58. The molecule has 0 unspecified atom stereocenters. The second kappa shape index (κ2) is 6.23. The number of nitrogens with two attached hydrogens (primary N) is 1. The van der Waals surface area contributed by atoms with Crippen LogP contribution in [0, 0.1) is 40.4 Å². The van der Waals surface area contributed by atoms with Crippen LogP contribution in [0.5, 0.6) is 0 Å². The van der Waals surface area contributed by atoms with E-state index in [9.17, 15) is 0 Å². The molecular weight excluding hydrogens is 304 g/mol. The Morgan fingerprint density at radius 1 is 0.880 bits per heavy atom. The van der Waals surface area contributed by atoms with Gasteiger partial charge in [0.1, 0.15) is 0 Å². The van der Waals surface area contributed by atoms with Gasteiger partial charge in [-0.3, -0.25) is 0 Å². The second-order valence-electron chi connectivity index (χ2n) is 11.1. The molecule has 2 nitrogen and oxygen atoms in total. The molecule has 0 aliphatic heterocycles. The zero-order valence-electron chi connectivity index (χ0n) is 17.4. The molecule has 4 saturated carbocycles. The van der Waals surface area contributed by atoms with E-state index in [2.05, 4.69) is 39.8 Å². The van der Waals surface area contributed by atoms with Crippen molar-refractivity contribution in [1.29, 1.82) is 0 Å². The van der Waals surface area contributed by atoms with E-state index in [0.717, 1.165) is 35.6 Å². The molecule has 0 aromatic heterocycles. The Morgan fingerprint density at radius 3 is 2.24 bits per heavy atom. The van der Waals surface area contributed by atoms with Crippen LogP contribution in [0.3, 0.4) is 0 Å². The van der Waals surface area contributed by atoms with Crippen LogP contribution in [0.25, 0.3) is 0 Å². The zero-order valence-corrected chi connectivity index (χ0v) is 17.4. The van der Waals surface area contributed by atoms with Gasteiger partial charge in [0.05, 0.1) is 0 Å². The molecule has 0 bridgehead atoms. The Kier molecular flexibility index (Phi) is 4.56. The quantitative estimate of drug-likeness (QED) is 0.768. The summed E-state index contributed by atoms with van der Waals surface area (Å²) in [6.07, 6.45) is 13.2. The van der Waals surface area contributed by atoms with Gasteiger partial charge in [0.15, 0.2) is 0 Å². The van der Waals surface area contributed by atoms with Gasteiger partial charge in [0.2, 0.25) is 0 Å². The van der Waals surface area contributed by atoms with Crippen molar-refractivity contribution in [3.8, 4) is 0 Å². The first kappa shape index (κ1) is 18.3. The van der Waals surface area contributed by atoms with Gasteiger partial charge in [-0.1, -0.05) is 13.8 Å². The SMILES string of the molecule is C[C@H](N)[C@@H]1CC[C@@H]2[C@@H]3CC[C@@H]4C[C@@H](N(C)C)CC[C@]4(C)[C@H]3CC[C@@]21C. The summed E-state index contributed by atoms with van der Waals surface area (Å²) >= 11 is 0. The molecule has 4 fully saturated rings. The molecule has 0 heterocycles. The first-order valence-corrected chi connectivity index (χ1v) is 11.2. The van der Waals surface area contributed by atoms with Gasteiger partial charge in [-0.05, 0) is 119 Å². The maximum atomic E-state index is 6.43. The van der Waals surface area contributed by atoms with Crippen molar-refractivity contribution in [1.82, 2.24) is 4.90 Å². The summed E-state index contributed by atoms with van der Waals surface area (Å²) in [5.41, 5.74) is 7.60. The predicted molar refractivity (Wildman–Crippen MR) is 106 cm³/mol. The highest BCUT2D eigenvalue weighted by atomic mass is 15.1. The van der Waals surface area contributed by atoms with E-state index >= 15 is 0 Å². The minimum absolute atomic E-state index is 0.383. The predicted octanol–water partition coefficient (Wildman–Crippen LogP) is 4.92. The lowest BCUT2D eigenvalue weighted by Crippen LogP contribution is -2.55. The molecule has 0 spiro atoms. The molecule has 4 rings (SSSR count). The van der Waals surface area contributed by atoms with Gasteiger partial charge in [0, 0.05) is 12.1 Å². The highest BCUT2D eigenvalue weighted by molar-refractivity contribution is 5.10. The normalized spacial score (nSPS) is 53.9. The van der Waals surface area contributed by atoms with E-state index in [1.165, 1.54) is 57.8 Å². The monoisotopic (exact) mass is 346 g/mol. The van der Waals surface area contributed by atoms with Crippen LogP contribution in [0.4, 0.5) is 0 Å². The first-order chi connectivity index (χ1) is 11.8. The Bertz CT molecular complexity index is 500. The molecular formula is C23H42N2. The van der Waals surface area contributed by atoms with Gasteiger partial charge < -0.3 is 10.6 Å². The van der Waals surface area contributed by atoms with Gasteiger partial charge in [-0.2, -0.15) is 0 Å². The second-order valence-corrected chi connectivity index (χ2v) is 11.1. The standard InChI is InChI=1S/C23H42N2/c1-15(24)19-8-9-20-18-7-6-16-14-17(25(4)5)10-12-22(16,2)21(18)11-13-23(19,20)3/h15-21H,6-14,24H2,1-5H3/t15-,16+,17-,18-,19-,20+,21-,22-,23+/m0/s1. The molecule has 2 heteroatoms. The molecule has 0 aromatic rings. The molecule has 144 valence electrons. The average Bonchev–Trinajstić information content (AvgIpc) is 2.91. The van der Waals surface area contributed by atoms with E-state index in [1.54, 1.807) is 0 Å². The van der Waals surface area contributed by atoms with Crippen LogP contribution in [0.1, 0.15) is 78.6 Å². The molecule has 0 saturated heterocycles. The van der Waals surface area contributed by atoms with Crippen LogP contribution < -0.4 is 5.73 Å². The third-order valence-corrected chi connectivity index (χ3v) is 10.1. The highest BCUT2D eigenvalue weighted by Gasteiger charge is 2.60. The van der Waals surface area contributed by atoms with Crippen molar-refractivity contribution in [3.05, 3.63) is 0 Å². The lowest BCUT2D eigenvalue weighted by atomic mass is 9.44. The van der Waals surface area contributed by atoms with E-state index in [1.807, 2.05) is 0 Å². The van der Waals surface area contributed by atoms with E-state index in [0.29, 0.717) is 16.9 Å². The minimum atomic E-state index is 0.383. The number of fused-ring (bicyclic) bond motifs is 5. The van der Waals surface area contributed by atoms with Crippen molar-refractivity contribution in [2.75, 3.05) is 14.1 Å². The molecule has 2 N–H and O–H groups in total. The third kappa shape index (κ3) is 2.64. The summed E-state index contributed by atoms with van der Waals surface area (Å²) in [6, 6.07) is 1.21. The topological polar surface area (TPSA) is 29.3 Å². The van der Waals surface area contributed by atoms with Gasteiger partial charge in [-0.15, -0.1) is 0 Å². The van der Waals surface area contributed by atoms with Crippen molar-refractivity contribution >= 4 is 0 Å². The summed E-state index contributed by atoms with van der Waals surface area (Å²) in [4.78, 5) is 2.49. The number of hydrogen-bond donors (Lipinski definition) is 1. The third-order valence-electron chi connectivity index (χ3n) is 10.1. The fourth-order valence-corrected chi connectivity index (χ4v) is 8.61. The van der Waals surface area contributed by atoms with Crippen molar-refractivity contribution < 1.29 is 0 Å². The molecule has 4 aliphatic carbocycles. The van der Waals surface area contributed by atoms with Crippen molar-refractivity contribution in [2.24, 2.45) is 46.2 Å². The molecule has 4 aliphatic rings. The molecule has 9 atom stereocenters. The fourth-order valence-electron chi connectivity index (χ4n) is 8.61. The van der Waals surface area contributed by atoms with Gasteiger partial charge in [-0.25, -0.2) is 0 Å². The lowest BCUT2D eigenvalue weighted by molar-refractivity contribution is -0.120. The minimum Gasteiger partial charge on any atom is -0.328 e. The van der Waals surface area contributed by atoms with Crippen LogP contribution in [-0.4, -0.2) is 31.1 Å². The largest absolute Gasteiger partial charge is 0.328 e. The average molecular weight is 347 g/mol. The van der Waals surface area contributed by atoms with E-state index < -0.39 is 0 Å². The van der Waals surface area contributed by atoms with Crippen molar-refractivity contribution in [2.45, 2.75) is 90.6 Å². The number of rotatable bonds is 2. The Balaban J connectivity index is 1.56. The zero-order chi connectivity index (χ0) is 18.0. The van der Waals surface area contributed by atoms with Crippen LogP contribution in [-0.2, 0) is 0 Å². The molecule has 0 radical (unpaired) electrons. The first-order valence-electron chi connectivity index (χ1n) is 11.2. The summed E-state index contributed by atoms with van der Waals surface area (Å²) in [5.74, 6) is 4.71. The summed E-state index contributed by atoms with van der Waals surface area (Å²) in [5, 5.41) is 0. The van der Waals surface area contributed by atoms with Gasteiger partial charge >= 0.3 is 0 Å². The molecule has 0 amide bonds. The maximum absolute atomic E-state index is 6.43. The Morgan fingerprint density at radius 2 is 1.56 bits per heavy atom. The Hall–Kier alpha value is -0.0800. The lowest BCUT2D eigenvalue weighted by Gasteiger charge is -2.61. The molecule has 0 aromatic carbocycles. The van der Waals surface area contributed by atoms with Gasteiger partial charge in [0.25, 0.3) is 0 Å². The summed E-state index contributed by atoms with van der Waals surface area (Å²) < 4.78 is 0. The number of nitrogens with zero attached hydrogens (tertiary/aromatic N) is 1. The fraction of sp³-hybridized carbons (Fsp3) is 1.00. The number of hydrogen-bond acceptors (Lipinski definition) is 2. The van der Waals surface area contributed by atoms with Crippen LogP contribution in [0.15, 0.2) is 0 Å². The smallest absolute Gasteiger partial charge is 0.00922 e. The summed E-state index contributed by atoms with van der Waals surface area (Å²) in [7, 11) is 4.58. The highest BCUT2D eigenvalue weighted by Crippen LogP contribution is 2.67.